The van der Waals surface area contributed by atoms with Gasteiger partial charge in [-0.25, -0.2) is 0 Å². The van der Waals surface area contributed by atoms with Gasteiger partial charge in [0.05, 0.1) is 6.54 Å². The Balaban J connectivity index is 0.00000161. The highest BCUT2D eigenvalue weighted by molar-refractivity contribution is 7.10. The number of thiophene rings is 1. The van der Waals surface area contributed by atoms with Crippen molar-refractivity contribution in [3.8, 4) is 0 Å². The number of likely N-dealkylation sites (tertiary alicyclic amines) is 1. The largest absolute Gasteiger partial charge is 0.337 e. The van der Waals surface area contributed by atoms with E-state index in [0.717, 1.165) is 32.5 Å². The molecule has 0 spiro atoms. The van der Waals surface area contributed by atoms with E-state index in [4.69, 9.17) is 5.73 Å². The highest BCUT2D eigenvalue weighted by Gasteiger charge is 2.27. The number of nitrogens with zero attached hydrogens (tertiary/aromatic N) is 2. The molecule has 1 amide bonds. The molecule has 0 bridgehead atoms. The fraction of sp³-hybridized carbons (Fsp3) is 0.667. The second-order valence-electron chi connectivity index (χ2n) is 5.79. The summed E-state index contributed by atoms with van der Waals surface area (Å²) in [4.78, 5) is 18.3. The molecular weight excluding hydrogens is 306 g/mol. The number of carbonyl (C=O) groups is 1. The van der Waals surface area contributed by atoms with Gasteiger partial charge in [-0.15, -0.1) is 23.7 Å². The number of carbonyl (C=O) groups excluding carboxylic acids is 1. The number of nitrogens with two attached hydrogens (primary N) is 1. The lowest BCUT2D eigenvalue weighted by molar-refractivity contribution is -0.134. The Bertz CT molecular complexity index is 479. The van der Waals surface area contributed by atoms with Gasteiger partial charge < -0.3 is 10.6 Å². The summed E-state index contributed by atoms with van der Waals surface area (Å²) in [5, 5.41) is 2.13. The van der Waals surface area contributed by atoms with Crippen LogP contribution in [0.2, 0.25) is 0 Å². The SMILES string of the molecule is Cl.NCC1CCCCN1CC(=O)N1CCc2sccc2C1. The number of halogens is 1. The Morgan fingerprint density at radius 3 is 3.05 bits per heavy atom. The van der Waals surface area contributed by atoms with Gasteiger partial charge in [-0.3, -0.25) is 9.69 Å². The lowest BCUT2D eigenvalue weighted by Gasteiger charge is -2.36. The Kier molecular flexibility index (Phi) is 6.05. The van der Waals surface area contributed by atoms with Crippen LogP contribution in [-0.4, -0.2) is 47.9 Å². The van der Waals surface area contributed by atoms with Crippen molar-refractivity contribution in [1.82, 2.24) is 9.80 Å². The van der Waals surface area contributed by atoms with Gasteiger partial charge in [-0.1, -0.05) is 6.42 Å². The summed E-state index contributed by atoms with van der Waals surface area (Å²) < 4.78 is 0. The van der Waals surface area contributed by atoms with Crippen LogP contribution in [0, 0.1) is 0 Å². The maximum absolute atomic E-state index is 12.5. The maximum atomic E-state index is 12.5. The van der Waals surface area contributed by atoms with E-state index < -0.39 is 0 Å². The molecule has 3 rings (SSSR count). The third-order valence-corrected chi connectivity index (χ3v) is 5.54. The van der Waals surface area contributed by atoms with Crippen molar-refractivity contribution < 1.29 is 4.79 Å². The molecule has 0 saturated carbocycles. The van der Waals surface area contributed by atoms with Crippen LogP contribution in [0.1, 0.15) is 29.7 Å². The van der Waals surface area contributed by atoms with Crippen LogP contribution in [-0.2, 0) is 17.8 Å². The number of hydrogen-bond donors (Lipinski definition) is 1. The predicted molar refractivity (Wildman–Crippen MR) is 89.0 cm³/mol. The highest BCUT2D eigenvalue weighted by atomic mass is 35.5. The Labute approximate surface area is 136 Å². The monoisotopic (exact) mass is 329 g/mol. The summed E-state index contributed by atoms with van der Waals surface area (Å²) in [6, 6.07) is 2.55. The molecule has 1 saturated heterocycles. The minimum absolute atomic E-state index is 0. The first-order chi connectivity index (χ1) is 9.78. The van der Waals surface area contributed by atoms with Crippen LogP contribution in [0.3, 0.4) is 0 Å². The molecule has 4 nitrogen and oxygen atoms in total. The maximum Gasteiger partial charge on any atom is 0.237 e. The van der Waals surface area contributed by atoms with Gasteiger partial charge in [-0.05, 0) is 42.8 Å². The van der Waals surface area contributed by atoms with E-state index in [1.165, 1.54) is 23.3 Å². The third kappa shape index (κ3) is 3.77. The number of fused-ring (bicyclic) bond motifs is 1. The van der Waals surface area contributed by atoms with Crippen LogP contribution < -0.4 is 5.73 Å². The zero-order chi connectivity index (χ0) is 13.9. The van der Waals surface area contributed by atoms with Gasteiger partial charge in [0.1, 0.15) is 0 Å². The molecule has 0 aromatic carbocycles. The van der Waals surface area contributed by atoms with Crippen LogP contribution in [0.5, 0.6) is 0 Å². The summed E-state index contributed by atoms with van der Waals surface area (Å²) in [7, 11) is 0. The Morgan fingerprint density at radius 2 is 2.24 bits per heavy atom. The lowest BCUT2D eigenvalue weighted by atomic mass is 10.0. The molecule has 1 aromatic heterocycles. The summed E-state index contributed by atoms with van der Waals surface area (Å²) in [5.74, 6) is 0.266. The molecule has 3 heterocycles. The topological polar surface area (TPSA) is 49.6 Å². The highest BCUT2D eigenvalue weighted by Crippen LogP contribution is 2.24. The molecule has 1 aromatic rings. The zero-order valence-electron chi connectivity index (χ0n) is 12.3. The van der Waals surface area contributed by atoms with Crippen LogP contribution in [0.25, 0.3) is 0 Å². The fourth-order valence-electron chi connectivity index (χ4n) is 3.27. The third-order valence-electron chi connectivity index (χ3n) is 4.52. The van der Waals surface area contributed by atoms with Crippen LogP contribution in [0.4, 0.5) is 0 Å². The second-order valence-corrected chi connectivity index (χ2v) is 6.79. The van der Waals surface area contributed by atoms with E-state index >= 15 is 0 Å². The van der Waals surface area contributed by atoms with Gasteiger partial charge in [0, 0.05) is 30.6 Å². The van der Waals surface area contributed by atoms with Crippen molar-refractivity contribution in [2.45, 2.75) is 38.3 Å². The summed E-state index contributed by atoms with van der Waals surface area (Å²) >= 11 is 1.81. The summed E-state index contributed by atoms with van der Waals surface area (Å²) in [5.41, 5.74) is 7.17. The Hall–Kier alpha value is -0.620. The minimum Gasteiger partial charge on any atom is -0.337 e. The van der Waals surface area contributed by atoms with Crippen molar-refractivity contribution in [1.29, 1.82) is 0 Å². The van der Waals surface area contributed by atoms with Crippen molar-refractivity contribution in [2.24, 2.45) is 5.73 Å². The van der Waals surface area contributed by atoms with Gasteiger partial charge in [-0.2, -0.15) is 0 Å². The molecule has 1 fully saturated rings. The molecular formula is C15H24ClN3OS. The zero-order valence-corrected chi connectivity index (χ0v) is 13.9. The number of amides is 1. The molecule has 118 valence electrons. The molecule has 6 heteroatoms. The van der Waals surface area contributed by atoms with E-state index in [-0.39, 0.29) is 18.3 Å². The molecule has 0 aliphatic carbocycles. The first kappa shape index (κ1) is 16.7. The van der Waals surface area contributed by atoms with Gasteiger partial charge in [0.15, 0.2) is 0 Å². The molecule has 2 N–H and O–H groups in total. The first-order valence-electron chi connectivity index (χ1n) is 7.55. The number of piperidine rings is 1. The van der Waals surface area contributed by atoms with E-state index in [9.17, 15) is 4.79 Å². The van der Waals surface area contributed by atoms with Crippen molar-refractivity contribution in [2.75, 3.05) is 26.2 Å². The fourth-order valence-corrected chi connectivity index (χ4v) is 4.16. The molecule has 1 unspecified atom stereocenters. The van der Waals surface area contributed by atoms with E-state index in [0.29, 0.717) is 19.1 Å². The average Bonchev–Trinajstić information content (AvgIpc) is 2.95. The van der Waals surface area contributed by atoms with E-state index in [1.807, 2.05) is 16.2 Å². The van der Waals surface area contributed by atoms with Gasteiger partial charge in [0.2, 0.25) is 5.91 Å². The lowest BCUT2D eigenvalue weighted by Crippen LogP contribution is -2.50. The van der Waals surface area contributed by atoms with Crippen molar-refractivity contribution >= 4 is 29.7 Å². The number of hydrogen-bond acceptors (Lipinski definition) is 4. The predicted octanol–water partition coefficient (Wildman–Crippen LogP) is 1.87. The van der Waals surface area contributed by atoms with E-state index in [1.54, 1.807) is 0 Å². The number of rotatable bonds is 3. The molecule has 2 aliphatic rings. The standard InChI is InChI=1S/C15H23N3OS.ClH/c16-9-13-3-1-2-6-17(13)11-15(19)18-7-4-14-12(10-18)5-8-20-14;/h5,8,13H,1-4,6-7,9-11,16H2;1H. The molecule has 2 aliphatic heterocycles. The van der Waals surface area contributed by atoms with Gasteiger partial charge >= 0.3 is 0 Å². The molecule has 0 radical (unpaired) electrons. The van der Waals surface area contributed by atoms with E-state index in [2.05, 4.69) is 16.3 Å². The smallest absolute Gasteiger partial charge is 0.237 e. The quantitative estimate of drug-likeness (QED) is 0.921. The van der Waals surface area contributed by atoms with Crippen LogP contribution in [0.15, 0.2) is 11.4 Å². The molecule has 1 atom stereocenters. The second kappa shape index (κ2) is 7.58. The van der Waals surface area contributed by atoms with Crippen molar-refractivity contribution in [3.63, 3.8) is 0 Å². The minimum atomic E-state index is 0. The normalized spacial score (nSPS) is 22.5. The first-order valence-corrected chi connectivity index (χ1v) is 8.43. The molecule has 21 heavy (non-hydrogen) atoms. The summed E-state index contributed by atoms with van der Waals surface area (Å²) in [6.07, 6.45) is 4.59. The van der Waals surface area contributed by atoms with Crippen LogP contribution >= 0.6 is 23.7 Å². The summed E-state index contributed by atoms with van der Waals surface area (Å²) in [6.45, 7) is 3.89. The Morgan fingerprint density at radius 1 is 1.38 bits per heavy atom. The van der Waals surface area contributed by atoms with Crippen molar-refractivity contribution in [3.05, 3.63) is 21.9 Å². The van der Waals surface area contributed by atoms with Gasteiger partial charge in [0.25, 0.3) is 0 Å². The average molecular weight is 330 g/mol.